The van der Waals surface area contributed by atoms with Gasteiger partial charge in [-0.1, -0.05) is 40.5 Å². The first kappa shape index (κ1) is 21.7. The molecule has 0 aromatic carbocycles. The zero-order chi connectivity index (χ0) is 18.3. The topological polar surface area (TPSA) is 75.6 Å². The summed E-state index contributed by atoms with van der Waals surface area (Å²) in [6.45, 7) is 13.7. The van der Waals surface area contributed by atoms with Crippen LogP contribution in [-0.4, -0.2) is 29.3 Å². The Morgan fingerprint density at radius 2 is 1.65 bits per heavy atom. The highest BCUT2D eigenvalue weighted by atomic mass is 16.6. The first-order chi connectivity index (χ1) is 10.4. The number of carboxylic acid groups (broad SMARTS) is 1. The van der Waals surface area contributed by atoms with Crippen molar-refractivity contribution in [3.63, 3.8) is 0 Å². The van der Waals surface area contributed by atoms with Crippen LogP contribution in [0.3, 0.4) is 0 Å². The molecule has 1 amide bonds. The maximum absolute atomic E-state index is 11.9. The summed E-state index contributed by atoms with van der Waals surface area (Å²) in [6.07, 6.45) is 2.37. The molecule has 2 N–H and O–H groups in total. The van der Waals surface area contributed by atoms with E-state index in [0.29, 0.717) is 18.8 Å². The Hall–Kier alpha value is -1.26. The van der Waals surface area contributed by atoms with Gasteiger partial charge in [-0.25, -0.2) is 4.79 Å². The minimum Gasteiger partial charge on any atom is -0.481 e. The van der Waals surface area contributed by atoms with E-state index in [4.69, 9.17) is 4.74 Å². The molecule has 0 rings (SSSR count). The minimum atomic E-state index is -0.931. The SMILES string of the molecule is CC(C)CCCC(CNC(=O)OC(C)(C)C)(CC(C)C)C(=O)O. The van der Waals surface area contributed by atoms with Crippen molar-refractivity contribution in [3.8, 4) is 0 Å². The summed E-state index contributed by atoms with van der Waals surface area (Å²) in [5, 5.41) is 12.5. The van der Waals surface area contributed by atoms with Gasteiger partial charge in [-0.2, -0.15) is 0 Å². The first-order valence-electron chi connectivity index (χ1n) is 8.58. The summed E-state index contributed by atoms with van der Waals surface area (Å²) in [7, 11) is 0. The number of alkyl carbamates (subject to hydrolysis) is 1. The molecule has 136 valence electrons. The van der Waals surface area contributed by atoms with E-state index in [1.807, 2.05) is 13.8 Å². The molecule has 5 heteroatoms. The lowest BCUT2D eigenvalue weighted by molar-refractivity contribution is -0.150. The minimum absolute atomic E-state index is 0.105. The number of nitrogens with one attached hydrogen (secondary N) is 1. The number of ether oxygens (including phenoxy) is 1. The van der Waals surface area contributed by atoms with E-state index in [2.05, 4.69) is 19.2 Å². The molecule has 5 nitrogen and oxygen atoms in total. The number of carbonyl (C=O) groups is 2. The van der Waals surface area contributed by atoms with Gasteiger partial charge in [-0.05, 0) is 45.4 Å². The van der Waals surface area contributed by atoms with Crippen LogP contribution in [0.4, 0.5) is 4.79 Å². The zero-order valence-electron chi connectivity index (χ0n) is 15.9. The molecule has 0 fully saturated rings. The number of carboxylic acids is 1. The molecule has 0 aliphatic heterocycles. The average molecular weight is 329 g/mol. The van der Waals surface area contributed by atoms with Crippen molar-refractivity contribution in [1.29, 1.82) is 0 Å². The number of aliphatic carboxylic acids is 1. The summed E-state index contributed by atoms with van der Waals surface area (Å²) in [5.41, 5.74) is -1.52. The van der Waals surface area contributed by atoms with E-state index in [1.165, 1.54) is 0 Å². The molecule has 23 heavy (non-hydrogen) atoms. The van der Waals surface area contributed by atoms with Gasteiger partial charge in [-0.3, -0.25) is 4.79 Å². The quantitative estimate of drug-likeness (QED) is 0.655. The molecule has 0 spiro atoms. The predicted molar refractivity (Wildman–Crippen MR) is 92.4 cm³/mol. The van der Waals surface area contributed by atoms with Crippen molar-refractivity contribution in [2.24, 2.45) is 17.3 Å². The number of hydrogen-bond acceptors (Lipinski definition) is 3. The third-order valence-electron chi connectivity index (χ3n) is 3.66. The second kappa shape index (κ2) is 9.14. The highest BCUT2D eigenvalue weighted by molar-refractivity contribution is 5.76. The van der Waals surface area contributed by atoms with Gasteiger partial charge in [0, 0.05) is 6.54 Å². The van der Waals surface area contributed by atoms with Crippen molar-refractivity contribution >= 4 is 12.1 Å². The van der Waals surface area contributed by atoms with E-state index < -0.39 is 23.1 Å². The van der Waals surface area contributed by atoms with Crippen LogP contribution in [0.15, 0.2) is 0 Å². The summed E-state index contributed by atoms with van der Waals surface area (Å²) >= 11 is 0. The number of amides is 1. The molecule has 0 saturated heterocycles. The lowest BCUT2D eigenvalue weighted by Crippen LogP contribution is -2.45. The van der Waals surface area contributed by atoms with Gasteiger partial charge < -0.3 is 15.2 Å². The standard InChI is InChI=1S/C18H35NO4/c1-13(2)9-8-10-18(15(20)21,11-14(3)4)12-19-16(22)23-17(5,6)7/h13-14H,8-12H2,1-7H3,(H,19,22)(H,20,21). The molecule has 0 aromatic heterocycles. The zero-order valence-corrected chi connectivity index (χ0v) is 15.9. The smallest absolute Gasteiger partial charge is 0.407 e. The van der Waals surface area contributed by atoms with Crippen LogP contribution in [0.1, 0.15) is 74.1 Å². The first-order valence-corrected chi connectivity index (χ1v) is 8.58. The second-order valence-corrected chi connectivity index (χ2v) is 8.32. The van der Waals surface area contributed by atoms with Gasteiger partial charge in [0.15, 0.2) is 0 Å². The van der Waals surface area contributed by atoms with Crippen LogP contribution in [0.5, 0.6) is 0 Å². The third kappa shape index (κ3) is 9.47. The fourth-order valence-corrected chi connectivity index (χ4v) is 2.72. The van der Waals surface area contributed by atoms with Gasteiger partial charge in [0.05, 0.1) is 5.41 Å². The summed E-state index contributed by atoms with van der Waals surface area (Å²) in [4.78, 5) is 23.8. The van der Waals surface area contributed by atoms with Gasteiger partial charge in [-0.15, -0.1) is 0 Å². The predicted octanol–water partition coefficient (Wildman–Crippen LogP) is 4.45. The monoisotopic (exact) mass is 329 g/mol. The van der Waals surface area contributed by atoms with E-state index in [1.54, 1.807) is 20.8 Å². The maximum atomic E-state index is 11.9. The molecule has 0 heterocycles. The van der Waals surface area contributed by atoms with Gasteiger partial charge >= 0.3 is 12.1 Å². The van der Waals surface area contributed by atoms with Crippen LogP contribution < -0.4 is 5.32 Å². The van der Waals surface area contributed by atoms with Crippen LogP contribution >= 0.6 is 0 Å². The summed E-state index contributed by atoms with van der Waals surface area (Å²) in [6, 6.07) is 0. The van der Waals surface area contributed by atoms with Crippen molar-refractivity contribution in [2.75, 3.05) is 6.54 Å². The number of hydrogen-bond donors (Lipinski definition) is 2. The summed E-state index contributed by atoms with van der Waals surface area (Å²) < 4.78 is 5.22. The lowest BCUT2D eigenvalue weighted by atomic mass is 9.75. The van der Waals surface area contributed by atoms with Crippen LogP contribution in [-0.2, 0) is 9.53 Å². The molecule has 0 saturated carbocycles. The fourth-order valence-electron chi connectivity index (χ4n) is 2.72. The van der Waals surface area contributed by atoms with E-state index in [0.717, 1.165) is 12.8 Å². The molecule has 0 aliphatic rings. The molecule has 0 bridgehead atoms. The highest BCUT2D eigenvalue weighted by Crippen LogP contribution is 2.33. The third-order valence-corrected chi connectivity index (χ3v) is 3.66. The Kier molecular flexibility index (Phi) is 8.64. The number of rotatable bonds is 9. The summed E-state index contributed by atoms with van der Waals surface area (Å²) in [5.74, 6) is -0.0593. The number of carbonyl (C=O) groups excluding carboxylic acids is 1. The van der Waals surface area contributed by atoms with Gasteiger partial charge in [0.2, 0.25) is 0 Å². The van der Waals surface area contributed by atoms with Crippen molar-refractivity contribution < 1.29 is 19.4 Å². The Morgan fingerprint density at radius 1 is 1.09 bits per heavy atom. The van der Waals surface area contributed by atoms with Crippen LogP contribution in [0.2, 0.25) is 0 Å². The van der Waals surface area contributed by atoms with E-state index in [9.17, 15) is 14.7 Å². The van der Waals surface area contributed by atoms with Crippen molar-refractivity contribution in [1.82, 2.24) is 5.32 Å². The molecule has 1 atom stereocenters. The van der Waals surface area contributed by atoms with Gasteiger partial charge in [0.1, 0.15) is 5.60 Å². The lowest BCUT2D eigenvalue weighted by Gasteiger charge is -2.32. The van der Waals surface area contributed by atoms with Crippen molar-refractivity contribution in [2.45, 2.75) is 79.8 Å². The molecular formula is C18H35NO4. The maximum Gasteiger partial charge on any atom is 0.407 e. The van der Waals surface area contributed by atoms with E-state index in [-0.39, 0.29) is 12.5 Å². The Morgan fingerprint density at radius 3 is 2.04 bits per heavy atom. The van der Waals surface area contributed by atoms with Crippen LogP contribution in [0, 0.1) is 17.3 Å². The Labute approximate surface area is 141 Å². The molecule has 0 aromatic rings. The highest BCUT2D eigenvalue weighted by Gasteiger charge is 2.39. The fraction of sp³-hybridized carbons (Fsp3) is 0.889. The molecule has 1 unspecified atom stereocenters. The molecule has 0 radical (unpaired) electrons. The van der Waals surface area contributed by atoms with Crippen LogP contribution in [0.25, 0.3) is 0 Å². The molecular weight excluding hydrogens is 294 g/mol. The Bertz CT molecular complexity index is 385. The van der Waals surface area contributed by atoms with E-state index >= 15 is 0 Å². The van der Waals surface area contributed by atoms with Crippen molar-refractivity contribution in [3.05, 3.63) is 0 Å². The van der Waals surface area contributed by atoms with Gasteiger partial charge in [0.25, 0.3) is 0 Å². The Balaban J connectivity index is 4.94. The second-order valence-electron chi connectivity index (χ2n) is 8.32. The normalized spacial score (nSPS) is 14.7. The average Bonchev–Trinajstić information content (AvgIpc) is 2.32. The molecule has 0 aliphatic carbocycles. The largest absolute Gasteiger partial charge is 0.481 e.